The number of carbonyl (C=O) groups is 2. The van der Waals surface area contributed by atoms with Gasteiger partial charge in [0.1, 0.15) is 11.9 Å². The average molecular weight is 404 g/mol. The van der Waals surface area contributed by atoms with Crippen LogP contribution in [0.5, 0.6) is 5.75 Å². The Bertz CT molecular complexity index is 1060. The van der Waals surface area contributed by atoms with Gasteiger partial charge in [0.2, 0.25) is 0 Å². The third-order valence-electron chi connectivity index (χ3n) is 5.02. The largest absolute Gasteiger partial charge is 0.493 e. The average Bonchev–Trinajstić information content (AvgIpc) is 3.30. The van der Waals surface area contributed by atoms with Crippen LogP contribution in [-0.2, 0) is 9.53 Å². The second-order valence-electron chi connectivity index (χ2n) is 7.15. The van der Waals surface area contributed by atoms with Gasteiger partial charge in [-0.1, -0.05) is 24.3 Å². The molecule has 1 atom stereocenters. The summed E-state index contributed by atoms with van der Waals surface area (Å²) in [5, 5.41) is 7.73. The van der Waals surface area contributed by atoms with Crippen molar-refractivity contribution in [3.8, 4) is 5.75 Å². The van der Waals surface area contributed by atoms with Crippen LogP contribution in [0, 0.1) is 0 Å². The number of carbonyl (C=O) groups excluding carboxylic acids is 2. The molecule has 0 radical (unpaired) electrons. The number of hydrogen-bond acceptors (Lipinski definition) is 4. The SMILES string of the molecule is CCOc1cc2ccccc2cc1C(=O)Nc1ccc(NC(=O)[C@H]2CCCO2)cc1. The summed E-state index contributed by atoms with van der Waals surface area (Å²) in [5.74, 6) is 0.163. The van der Waals surface area contributed by atoms with Crippen molar-refractivity contribution in [2.24, 2.45) is 0 Å². The summed E-state index contributed by atoms with van der Waals surface area (Å²) < 4.78 is 11.1. The van der Waals surface area contributed by atoms with Crippen LogP contribution in [0.1, 0.15) is 30.1 Å². The van der Waals surface area contributed by atoms with Crippen molar-refractivity contribution in [1.29, 1.82) is 0 Å². The monoisotopic (exact) mass is 404 g/mol. The van der Waals surface area contributed by atoms with E-state index in [9.17, 15) is 9.59 Å². The van der Waals surface area contributed by atoms with Crippen molar-refractivity contribution in [2.45, 2.75) is 25.9 Å². The van der Waals surface area contributed by atoms with Gasteiger partial charge in [0.25, 0.3) is 11.8 Å². The molecule has 6 nitrogen and oxygen atoms in total. The molecule has 154 valence electrons. The van der Waals surface area contributed by atoms with Crippen molar-refractivity contribution >= 4 is 34.0 Å². The zero-order valence-corrected chi connectivity index (χ0v) is 16.8. The standard InChI is InChI=1S/C24H24N2O4/c1-2-29-22-15-17-7-4-3-6-16(17)14-20(22)23(27)25-18-9-11-19(12-10-18)26-24(28)21-8-5-13-30-21/h3-4,6-7,9-12,14-15,21H,2,5,8,13H2,1H3,(H,25,27)(H,26,28)/t21-/m1/s1. The number of nitrogens with one attached hydrogen (secondary N) is 2. The molecule has 0 aliphatic carbocycles. The van der Waals surface area contributed by atoms with E-state index in [0.717, 1.165) is 23.6 Å². The predicted molar refractivity (Wildman–Crippen MR) is 117 cm³/mol. The Balaban J connectivity index is 1.48. The highest BCUT2D eigenvalue weighted by atomic mass is 16.5. The molecule has 4 rings (SSSR count). The predicted octanol–water partition coefficient (Wildman–Crippen LogP) is 4.61. The van der Waals surface area contributed by atoms with Crippen LogP contribution in [0.3, 0.4) is 0 Å². The Morgan fingerprint density at radius 3 is 2.30 bits per heavy atom. The number of amides is 2. The van der Waals surface area contributed by atoms with Crippen LogP contribution in [0.25, 0.3) is 10.8 Å². The van der Waals surface area contributed by atoms with Crippen molar-refractivity contribution in [3.05, 3.63) is 66.2 Å². The maximum Gasteiger partial charge on any atom is 0.259 e. The van der Waals surface area contributed by atoms with Crippen LogP contribution < -0.4 is 15.4 Å². The minimum atomic E-state index is -0.380. The van der Waals surface area contributed by atoms with Gasteiger partial charge >= 0.3 is 0 Å². The summed E-state index contributed by atoms with van der Waals surface area (Å²) >= 11 is 0. The van der Waals surface area contributed by atoms with Crippen LogP contribution in [0.15, 0.2) is 60.7 Å². The van der Waals surface area contributed by atoms with Crippen LogP contribution in [0.2, 0.25) is 0 Å². The first-order valence-electron chi connectivity index (χ1n) is 10.1. The molecule has 3 aromatic carbocycles. The Morgan fingerprint density at radius 2 is 1.67 bits per heavy atom. The normalized spacial score (nSPS) is 15.7. The van der Waals surface area contributed by atoms with Crippen LogP contribution in [-0.4, -0.2) is 31.1 Å². The quantitative estimate of drug-likeness (QED) is 0.629. The number of anilines is 2. The number of ether oxygens (including phenoxy) is 2. The fraction of sp³-hybridized carbons (Fsp3) is 0.250. The summed E-state index contributed by atoms with van der Waals surface area (Å²) in [6, 6.07) is 18.6. The fourth-order valence-electron chi connectivity index (χ4n) is 3.51. The molecular formula is C24H24N2O4. The molecule has 0 bridgehead atoms. The molecule has 1 aliphatic heterocycles. The van der Waals surface area contributed by atoms with E-state index in [4.69, 9.17) is 9.47 Å². The topological polar surface area (TPSA) is 76.7 Å². The molecule has 1 heterocycles. The zero-order valence-electron chi connectivity index (χ0n) is 16.8. The van der Waals surface area contributed by atoms with E-state index in [2.05, 4.69) is 10.6 Å². The molecule has 0 spiro atoms. The van der Waals surface area contributed by atoms with Crippen LogP contribution >= 0.6 is 0 Å². The lowest BCUT2D eigenvalue weighted by Gasteiger charge is -2.13. The molecule has 2 amide bonds. The van der Waals surface area contributed by atoms with Gasteiger partial charge in [-0.25, -0.2) is 0 Å². The van der Waals surface area contributed by atoms with Gasteiger partial charge in [-0.05, 0) is 66.9 Å². The fourth-order valence-corrected chi connectivity index (χ4v) is 3.51. The van der Waals surface area contributed by atoms with Gasteiger partial charge in [0, 0.05) is 18.0 Å². The molecule has 0 saturated carbocycles. The lowest BCUT2D eigenvalue weighted by Crippen LogP contribution is -2.26. The van der Waals surface area contributed by atoms with E-state index >= 15 is 0 Å². The minimum absolute atomic E-state index is 0.137. The van der Waals surface area contributed by atoms with E-state index in [1.54, 1.807) is 24.3 Å². The summed E-state index contributed by atoms with van der Waals surface area (Å²) in [5.41, 5.74) is 1.77. The third-order valence-corrected chi connectivity index (χ3v) is 5.02. The Morgan fingerprint density at radius 1 is 1.00 bits per heavy atom. The smallest absolute Gasteiger partial charge is 0.259 e. The molecule has 1 aliphatic rings. The molecule has 30 heavy (non-hydrogen) atoms. The maximum absolute atomic E-state index is 12.9. The third kappa shape index (κ3) is 4.44. The van der Waals surface area contributed by atoms with Gasteiger partial charge in [-0.2, -0.15) is 0 Å². The van der Waals surface area contributed by atoms with E-state index in [1.165, 1.54) is 0 Å². The number of rotatable bonds is 6. The van der Waals surface area contributed by atoms with E-state index in [-0.39, 0.29) is 17.9 Å². The zero-order chi connectivity index (χ0) is 20.9. The summed E-state index contributed by atoms with van der Waals surface area (Å²) in [6.07, 6.45) is 1.27. The lowest BCUT2D eigenvalue weighted by molar-refractivity contribution is -0.124. The lowest BCUT2D eigenvalue weighted by atomic mass is 10.1. The highest BCUT2D eigenvalue weighted by Gasteiger charge is 2.23. The van der Waals surface area contributed by atoms with Crippen molar-refractivity contribution < 1.29 is 19.1 Å². The van der Waals surface area contributed by atoms with E-state index < -0.39 is 0 Å². The highest BCUT2D eigenvalue weighted by molar-refractivity contribution is 6.08. The van der Waals surface area contributed by atoms with Gasteiger partial charge in [-0.3, -0.25) is 9.59 Å². The van der Waals surface area contributed by atoms with Crippen molar-refractivity contribution in [2.75, 3.05) is 23.8 Å². The van der Waals surface area contributed by atoms with Crippen molar-refractivity contribution in [3.63, 3.8) is 0 Å². The highest BCUT2D eigenvalue weighted by Crippen LogP contribution is 2.27. The first-order chi connectivity index (χ1) is 14.6. The number of hydrogen-bond donors (Lipinski definition) is 2. The molecule has 2 N–H and O–H groups in total. The Kier molecular flexibility index (Phi) is 5.95. The van der Waals surface area contributed by atoms with Gasteiger partial charge in [0.05, 0.1) is 12.2 Å². The number of fused-ring (bicyclic) bond motifs is 1. The first kappa shape index (κ1) is 19.9. The molecule has 6 heteroatoms. The van der Waals surface area contributed by atoms with Gasteiger partial charge in [-0.15, -0.1) is 0 Å². The minimum Gasteiger partial charge on any atom is -0.493 e. The maximum atomic E-state index is 12.9. The Labute approximate surface area is 175 Å². The second kappa shape index (κ2) is 8.97. The van der Waals surface area contributed by atoms with Crippen LogP contribution in [0.4, 0.5) is 11.4 Å². The van der Waals surface area contributed by atoms with Gasteiger partial charge in [0.15, 0.2) is 0 Å². The first-order valence-corrected chi connectivity index (χ1v) is 10.1. The molecule has 0 unspecified atom stereocenters. The van der Waals surface area contributed by atoms with E-state index in [0.29, 0.717) is 35.9 Å². The summed E-state index contributed by atoms with van der Waals surface area (Å²) in [7, 11) is 0. The second-order valence-corrected chi connectivity index (χ2v) is 7.15. The molecule has 3 aromatic rings. The van der Waals surface area contributed by atoms with E-state index in [1.807, 2.05) is 43.3 Å². The molecule has 0 aromatic heterocycles. The molecular weight excluding hydrogens is 380 g/mol. The summed E-state index contributed by atoms with van der Waals surface area (Å²) in [4.78, 5) is 25.1. The molecule has 1 saturated heterocycles. The molecule has 1 fully saturated rings. The Hall–Kier alpha value is -3.38. The van der Waals surface area contributed by atoms with Crippen molar-refractivity contribution in [1.82, 2.24) is 0 Å². The summed E-state index contributed by atoms with van der Waals surface area (Å²) in [6.45, 7) is 2.99. The number of benzene rings is 3. The van der Waals surface area contributed by atoms with Gasteiger partial charge < -0.3 is 20.1 Å².